The minimum Gasteiger partial charge on any atom is -0.493 e. The van der Waals surface area contributed by atoms with Gasteiger partial charge in [-0.05, 0) is 31.2 Å². The van der Waals surface area contributed by atoms with Crippen molar-refractivity contribution in [3.63, 3.8) is 0 Å². The Morgan fingerprint density at radius 1 is 1.19 bits per heavy atom. The van der Waals surface area contributed by atoms with Crippen LogP contribution in [0.25, 0.3) is 0 Å². The zero-order chi connectivity index (χ0) is 19.3. The van der Waals surface area contributed by atoms with Gasteiger partial charge in [0.2, 0.25) is 15.9 Å². The summed E-state index contributed by atoms with van der Waals surface area (Å²) in [4.78, 5) is 16.5. The summed E-state index contributed by atoms with van der Waals surface area (Å²) in [5, 5.41) is 2.65. The molecular formula is C17H21N3O5S. The summed E-state index contributed by atoms with van der Waals surface area (Å²) in [6.07, 6.45) is 4.09. The predicted molar refractivity (Wildman–Crippen MR) is 99.2 cm³/mol. The number of nitrogens with zero attached hydrogens (tertiary/aromatic N) is 2. The molecule has 0 fully saturated rings. The molecule has 1 aromatic carbocycles. The second-order valence-corrected chi connectivity index (χ2v) is 7.36. The fourth-order valence-electron chi connectivity index (χ4n) is 2.45. The fourth-order valence-corrected chi connectivity index (χ4v) is 3.62. The van der Waals surface area contributed by atoms with Crippen molar-refractivity contribution in [3.05, 3.63) is 42.7 Å². The second-order valence-electron chi connectivity index (χ2n) is 5.51. The number of hydrogen-bond acceptors (Lipinski definition) is 6. The molecule has 1 N–H and O–H groups in total. The normalized spacial score (nSPS) is 12.2. The van der Waals surface area contributed by atoms with Crippen molar-refractivity contribution in [2.24, 2.45) is 0 Å². The van der Waals surface area contributed by atoms with Gasteiger partial charge in [0.25, 0.3) is 0 Å². The molecule has 1 heterocycles. The van der Waals surface area contributed by atoms with Gasteiger partial charge >= 0.3 is 0 Å². The standard InChI is InChI=1S/C17H21N3O5S/c1-12(17(21)19-13-6-5-9-18-11-13)20(26(4,22)23)14-7-8-15(24-2)16(10-14)25-3/h5-12H,1-4H3,(H,19,21)/t12-/m1/s1. The topological polar surface area (TPSA) is 97.8 Å². The maximum atomic E-state index is 12.6. The van der Waals surface area contributed by atoms with Crippen molar-refractivity contribution in [3.8, 4) is 11.5 Å². The number of benzene rings is 1. The zero-order valence-corrected chi connectivity index (χ0v) is 15.8. The van der Waals surface area contributed by atoms with Crippen LogP contribution in [0.3, 0.4) is 0 Å². The summed E-state index contributed by atoms with van der Waals surface area (Å²) < 4.78 is 36.1. The van der Waals surface area contributed by atoms with E-state index in [1.54, 1.807) is 30.5 Å². The molecule has 0 aliphatic carbocycles. The molecule has 1 aromatic heterocycles. The van der Waals surface area contributed by atoms with Crippen LogP contribution in [0.1, 0.15) is 6.92 Å². The lowest BCUT2D eigenvalue weighted by Gasteiger charge is -2.28. The van der Waals surface area contributed by atoms with Gasteiger partial charge in [-0.25, -0.2) is 8.42 Å². The van der Waals surface area contributed by atoms with Gasteiger partial charge < -0.3 is 14.8 Å². The molecule has 1 atom stereocenters. The number of ether oxygens (including phenoxy) is 2. The molecule has 0 saturated carbocycles. The first-order valence-corrected chi connectivity index (χ1v) is 9.55. The van der Waals surface area contributed by atoms with E-state index in [1.807, 2.05) is 0 Å². The highest BCUT2D eigenvalue weighted by molar-refractivity contribution is 7.92. The maximum absolute atomic E-state index is 12.6. The maximum Gasteiger partial charge on any atom is 0.248 e. The van der Waals surface area contributed by atoms with Crippen LogP contribution in [0.5, 0.6) is 11.5 Å². The summed E-state index contributed by atoms with van der Waals surface area (Å²) in [7, 11) is -0.807. The van der Waals surface area contributed by atoms with Crippen LogP contribution >= 0.6 is 0 Å². The van der Waals surface area contributed by atoms with E-state index in [9.17, 15) is 13.2 Å². The van der Waals surface area contributed by atoms with E-state index >= 15 is 0 Å². The SMILES string of the molecule is COc1ccc(N([C@H](C)C(=O)Nc2cccnc2)S(C)(=O)=O)cc1OC. The van der Waals surface area contributed by atoms with E-state index < -0.39 is 22.0 Å². The van der Waals surface area contributed by atoms with E-state index in [-0.39, 0.29) is 0 Å². The molecule has 2 aromatic rings. The molecule has 1 amide bonds. The van der Waals surface area contributed by atoms with Crippen molar-refractivity contribution < 1.29 is 22.7 Å². The number of amides is 1. The Labute approximate surface area is 152 Å². The van der Waals surface area contributed by atoms with E-state index in [1.165, 1.54) is 33.4 Å². The number of sulfonamides is 1. The molecule has 2 rings (SSSR count). The molecule has 140 valence electrons. The number of nitrogens with one attached hydrogen (secondary N) is 1. The van der Waals surface area contributed by atoms with Crippen LogP contribution in [-0.4, -0.2) is 45.8 Å². The third kappa shape index (κ3) is 4.42. The van der Waals surface area contributed by atoms with Gasteiger partial charge in [-0.1, -0.05) is 0 Å². The van der Waals surface area contributed by atoms with Crippen LogP contribution < -0.4 is 19.1 Å². The lowest BCUT2D eigenvalue weighted by molar-refractivity contribution is -0.116. The first-order chi connectivity index (χ1) is 12.3. The predicted octanol–water partition coefficient (Wildman–Crippen LogP) is 1.89. The van der Waals surface area contributed by atoms with E-state index in [0.717, 1.165) is 10.6 Å². The highest BCUT2D eigenvalue weighted by Crippen LogP contribution is 2.33. The van der Waals surface area contributed by atoms with Crippen molar-refractivity contribution in [1.29, 1.82) is 0 Å². The second kappa shape index (κ2) is 8.05. The van der Waals surface area contributed by atoms with E-state index in [0.29, 0.717) is 22.9 Å². The molecule has 0 saturated heterocycles. The van der Waals surface area contributed by atoms with Crippen LogP contribution in [0, 0.1) is 0 Å². The third-order valence-corrected chi connectivity index (χ3v) is 4.88. The molecule has 0 spiro atoms. The van der Waals surface area contributed by atoms with Crippen molar-refractivity contribution in [2.75, 3.05) is 30.1 Å². The summed E-state index contributed by atoms with van der Waals surface area (Å²) in [5.74, 6) is 0.328. The largest absolute Gasteiger partial charge is 0.493 e. The quantitative estimate of drug-likeness (QED) is 0.789. The third-order valence-electron chi connectivity index (χ3n) is 3.64. The average Bonchev–Trinajstić information content (AvgIpc) is 2.61. The summed E-state index contributed by atoms with van der Waals surface area (Å²) >= 11 is 0. The van der Waals surface area contributed by atoms with Crippen molar-refractivity contribution >= 4 is 27.3 Å². The summed E-state index contributed by atoms with van der Waals surface area (Å²) in [6, 6.07) is 6.98. The molecule has 0 unspecified atom stereocenters. The Hall–Kier alpha value is -2.81. The monoisotopic (exact) mass is 379 g/mol. The lowest BCUT2D eigenvalue weighted by Crippen LogP contribution is -2.45. The number of aromatic nitrogens is 1. The molecule has 8 nitrogen and oxygen atoms in total. The number of anilines is 2. The van der Waals surface area contributed by atoms with Gasteiger partial charge in [0.15, 0.2) is 11.5 Å². The fraction of sp³-hybridized carbons (Fsp3) is 0.294. The number of rotatable bonds is 7. The average molecular weight is 379 g/mol. The molecule has 0 radical (unpaired) electrons. The van der Waals surface area contributed by atoms with Gasteiger partial charge in [0.1, 0.15) is 6.04 Å². The molecule has 0 aliphatic heterocycles. The smallest absolute Gasteiger partial charge is 0.248 e. The van der Waals surface area contributed by atoms with E-state index in [4.69, 9.17) is 9.47 Å². The molecule has 0 aliphatic rings. The van der Waals surface area contributed by atoms with Crippen LogP contribution in [-0.2, 0) is 14.8 Å². The van der Waals surface area contributed by atoms with Gasteiger partial charge in [-0.2, -0.15) is 0 Å². The Balaban J connectivity index is 2.37. The molecule has 9 heteroatoms. The van der Waals surface area contributed by atoms with Crippen LogP contribution in [0.2, 0.25) is 0 Å². The number of methoxy groups -OCH3 is 2. The highest BCUT2D eigenvalue weighted by atomic mass is 32.2. The Morgan fingerprint density at radius 3 is 2.42 bits per heavy atom. The first kappa shape index (κ1) is 19.5. The van der Waals surface area contributed by atoms with Crippen molar-refractivity contribution in [2.45, 2.75) is 13.0 Å². The number of hydrogen-bond donors (Lipinski definition) is 1. The first-order valence-electron chi connectivity index (χ1n) is 7.70. The number of carbonyl (C=O) groups excluding carboxylic acids is 1. The minimum absolute atomic E-state index is 0.291. The van der Waals surface area contributed by atoms with Crippen LogP contribution in [0.4, 0.5) is 11.4 Å². The molecule has 26 heavy (non-hydrogen) atoms. The van der Waals surface area contributed by atoms with Gasteiger partial charge in [0.05, 0.1) is 38.0 Å². The molecule has 0 bridgehead atoms. The Bertz CT molecular complexity index is 871. The highest BCUT2D eigenvalue weighted by Gasteiger charge is 2.30. The minimum atomic E-state index is -3.74. The van der Waals surface area contributed by atoms with Crippen LogP contribution in [0.15, 0.2) is 42.7 Å². The van der Waals surface area contributed by atoms with Gasteiger partial charge in [0, 0.05) is 12.3 Å². The number of carbonyl (C=O) groups is 1. The molecular weight excluding hydrogens is 358 g/mol. The lowest BCUT2D eigenvalue weighted by atomic mass is 10.2. The Kier molecular flexibility index (Phi) is 6.04. The van der Waals surface area contributed by atoms with Gasteiger partial charge in [-0.15, -0.1) is 0 Å². The Morgan fingerprint density at radius 2 is 1.88 bits per heavy atom. The number of pyridine rings is 1. The summed E-state index contributed by atoms with van der Waals surface area (Å²) in [5.41, 5.74) is 0.768. The zero-order valence-electron chi connectivity index (χ0n) is 15.0. The van der Waals surface area contributed by atoms with Crippen molar-refractivity contribution in [1.82, 2.24) is 4.98 Å². The van der Waals surface area contributed by atoms with Gasteiger partial charge in [-0.3, -0.25) is 14.1 Å². The van der Waals surface area contributed by atoms with E-state index in [2.05, 4.69) is 10.3 Å². The summed E-state index contributed by atoms with van der Waals surface area (Å²) in [6.45, 7) is 1.50.